The summed E-state index contributed by atoms with van der Waals surface area (Å²) in [7, 11) is 0. The van der Waals surface area contributed by atoms with Crippen molar-refractivity contribution in [1.29, 1.82) is 0 Å². The molecule has 4 rings (SSSR count). The number of amides is 1. The Bertz CT molecular complexity index is 712. The molecule has 0 aromatic heterocycles. The highest BCUT2D eigenvalue weighted by atomic mass is 16.6. The molecule has 0 radical (unpaired) electrons. The van der Waals surface area contributed by atoms with Gasteiger partial charge in [-0.1, -0.05) is 6.07 Å². The molecule has 1 aromatic rings. The van der Waals surface area contributed by atoms with E-state index in [1.54, 1.807) is 0 Å². The Hall–Kier alpha value is -2.28. The van der Waals surface area contributed by atoms with Gasteiger partial charge in [-0.15, -0.1) is 0 Å². The van der Waals surface area contributed by atoms with Gasteiger partial charge < -0.3 is 19.9 Å². The third-order valence-corrected chi connectivity index (χ3v) is 5.49. The molecule has 2 N–H and O–H groups in total. The summed E-state index contributed by atoms with van der Waals surface area (Å²) in [5.41, 5.74) is 0.897. The Morgan fingerprint density at radius 1 is 1.15 bits per heavy atom. The normalized spacial score (nSPS) is 23.6. The molecule has 2 fully saturated rings. The second-order valence-corrected chi connectivity index (χ2v) is 7.81. The first-order valence-electron chi connectivity index (χ1n) is 9.70. The number of fused-ring (bicyclic) bond motifs is 1. The summed E-state index contributed by atoms with van der Waals surface area (Å²) in [6, 6.07) is 6.00. The number of hydrogen-bond acceptors (Lipinski definition) is 5. The van der Waals surface area contributed by atoms with Crippen molar-refractivity contribution in [3.63, 3.8) is 0 Å². The molecule has 0 spiro atoms. The number of carboxylic acids is 1. The number of ether oxygens (including phenoxy) is 2. The van der Waals surface area contributed by atoms with Gasteiger partial charge in [0.25, 0.3) is 0 Å². The summed E-state index contributed by atoms with van der Waals surface area (Å²) in [6.45, 7) is 2.04. The van der Waals surface area contributed by atoms with E-state index in [0.717, 1.165) is 30.7 Å². The molecule has 146 valence electrons. The summed E-state index contributed by atoms with van der Waals surface area (Å²) in [4.78, 5) is 25.5. The van der Waals surface area contributed by atoms with Crippen molar-refractivity contribution in [3.8, 4) is 11.5 Å². The molecule has 0 saturated heterocycles. The highest BCUT2D eigenvalue weighted by Gasteiger charge is 2.37. The van der Waals surface area contributed by atoms with E-state index in [-0.39, 0.29) is 24.5 Å². The van der Waals surface area contributed by atoms with Crippen LogP contribution in [0.25, 0.3) is 0 Å². The third-order valence-electron chi connectivity index (χ3n) is 5.49. The van der Waals surface area contributed by atoms with Crippen LogP contribution in [0.3, 0.4) is 0 Å². The number of benzene rings is 1. The van der Waals surface area contributed by atoms with Crippen LogP contribution in [-0.2, 0) is 16.0 Å². The number of nitrogens with one attached hydrogen (secondary N) is 1. The van der Waals surface area contributed by atoms with E-state index in [0.29, 0.717) is 31.3 Å². The van der Waals surface area contributed by atoms with Gasteiger partial charge in [-0.3, -0.25) is 14.5 Å². The number of hydrogen-bond donors (Lipinski definition) is 2. The van der Waals surface area contributed by atoms with E-state index in [4.69, 9.17) is 14.6 Å². The molecule has 2 aliphatic carbocycles. The number of rotatable bonds is 8. The van der Waals surface area contributed by atoms with Crippen molar-refractivity contribution in [1.82, 2.24) is 10.2 Å². The molecule has 7 nitrogen and oxygen atoms in total. The van der Waals surface area contributed by atoms with Crippen molar-refractivity contribution in [2.45, 2.75) is 44.2 Å². The van der Waals surface area contributed by atoms with Gasteiger partial charge in [-0.25, -0.2) is 0 Å². The number of carboxylic acid groups (broad SMARTS) is 1. The molecule has 2 saturated carbocycles. The maximum atomic E-state index is 12.3. The van der Waals surface area contributed by atoms with Gasteiger partial charge in [-0.05, 0) is 49.3 Å². The van der Waals surface area contributed by atoms with Crippen LogP contribution in [0.4, 0.5) is 0 Å². The fraction of sp³-hybridized carbons (Fsp3) is 0.600. The SMILES string of the molecule is O=C(O)CN(CC1CC1)C1CC(NC(=O)Cc2ccc3c(c2)OCCO3)C1. The lowest BCUT2D eigenvalue weighted by atomic mass is 9.85. The van der Waals surface area contributed by atoms with Gasteiger partial charge in [-0.2, -0.15) is 0 Å². The summed E-state index contributed by atoms with van der Waals surface area (Å²) >= 11 is 0. The fourth-order valence-corrected chi connectivity index (χ4v) is 3.81. The van der Waals surface area contributed by atoms with Gasteiger partial charge in [0.15, 0.2) is 11.5 Å². The lowest BCUT2D eigenvalue weighted by Crippen LogP contribution is -2.55. The minimum absolute atomic E-state index is 0.0119. The maximum absolute atomic E-state index is 12.3. The highest BCUT2D eigenvalue weighted by Crippen LogP contribution is 2.34. The minimum atomic E-state index is -0.776. The van der Waals surface area contributed by atoms with Crippen molar-refractivity contribution < 1.29 is 24.2 Å². The topological polar surface area (TPSA) is 88.1 Å². The molecule has 1 aromatic carbocycles. The van der Waals surface area contributed by atoms with Crippen LogP contribution >= 0.6 is 0 Å². The van der Waals surface area contributed by atoms with E-state index in [9.17, 15) is 9.59 Å². The van der Waals surface area contributed by atoms with Crippen molar-refractivity contribution in [3.05, 3.63) is 23.8 Å². The molecule has 0 bridgehead atoms. The molecular formula is C20H26N2O5. The van der Waals surface area contributed by atoms with Crippen LogP contribution in [0.1, 0.15) is 31.2 Å². The molecule has 0 unspecified atom stereocenters. The fourth-order valence-electron chi connectivity index (χ4n) is 3.81. The second kappa shape index (κ2) is 7.76. The summed E-state index contributed by atoms with van der Waals surface area (Å²) in [6.07, 6.45) is 4.37. The number of carbonyl (C=O) groups is 2. The average Bonchev–Trinajstić information content (AvgIpc) is 3.41. The second-order valence-electron chi connectivity index (χ2n) is 7.81. The lowest BCUT2D eigenvalue weighted by molar-refractivity contribution is -0.140. The number of nitrogens with zero attached hydrogens (tertiary/aromatic N) is 1. The highest BCUT2D eigenvalue weighted by molar-refractivity contribution is 5.79. The first-order valence-corrected chi connectivity index (χ1v) is 9.70. The van der Waals surface area contributed by atoms with Gasteiger partial charge in [0, 0.05) is 18.6 Å². The predicted octanol–water partition coefficient (Wildman–Crippen LogP) is 1.44. The van der Waals surface area contributed by atoms with Crippen LogP contribution in [0.2, 0.25) is 0 Å². The summed E-state index contributed by atoms with van der Waals surface area (Å²) in [5, 5.41) is 12.2. The van der Waals surface area contributed by atoms with Gasteiger partial charge in [0.05, 0.1) is 13.0 Å². The first kappa shape index (κ1) is 18.1. The Balaban J connectivity index is 1.24. The monoisotopic (exact) mass is 374 g/mol. The first-order chi connectivity index (χ1) is 13.1. The zero-order valence-electron chi connectivity index (χ0n) is 15.4. The van der Waals surface area contributed by atoms with Crippen LogP contribution in [-0.4, -0.2) is 60.3 Å². The van der Waals surface area contributed by atoms with E-state index in [2.05, 4.69) is 10.2 Å². The van der Waals surface area contributed by atoms with Crippen LogP contribution in [0.15, 0.2) is 18.2 Å². The summed E-state index contributed by atoms with van der Waals surface area (Å²) < 4.78 is 11.1. The molecule has 1 amide bonds. The number of aliphatic carboxylic acids is 1. The zero-order valence-corrected chi connectivity index (χ0v) is 15.4. The Kier molecular flexibility index (Phi) is 5.20. The minimum Gasteiger partial charge on any atom is -0.486 e. The van der Waals surface area contributed by atoms with Crippen molar-refractivity contribution in [2.24, 2.45) is 5.92 Å². The lowest BCUT2D eigenvalue weighted by Gasteiger charge is -2.42. The van der Waals surface area contributed by atoms with Crippen LogP contribution in [0.5, 0.6) is 11.5 Å². The molecule has 7 heteroatoms. The molecule has 0 atom stereocenters. The average molecular weight is 374 g/mol. The van der Waals surface area contributed by atoms with E-state index < -0.39 is 5.97 Å². The van der Waals surface area contributed by atoms with Crippen LogP contribution < -0.4 is 14.8 Å². The van der Waals surface area contributed by atoms with Gasteiger partial charge in [0.2, 0.25) is 5.91 Å². The third kappa shape index (κ3) is 4.71. The Labute approximate surface area is 158 Å². The largest absolute Gasteiger partial charge is 0.486 e. The maximum Gasteiger partial charge on any atom is 0.317 e. The van der Waals surface area contributed by atoms with Crippen molar-refractivity contribution in [2.75, 3.05) is 26.3 Å². The predicted molar refractivity (Wildman–Crippen MR) is 98.0 cm³/mol. The Morgan fingerprint density at radius 2 is 1.89 bits per heavy atom. The standard InChI is InChI=1S/C20H26N2O5/c23-19(8-14-3-4-17-18(7-14)27-6-5-26-17)21-15-9-16(10-15)22(12-20(24)25)11-13-1-2-13/h3-4,7,13,15-16H,1-2,5-6,8-12H2,(H,21,23)(H,24,25). The smallest absolute Gasteiger partial charge is 0.317 e. The molecule has 1 heterocycles. The van der Waals surface area contributed by atoms with E-state index in [1.807, 2.05) is 18.2 Å². The van der Waals surface area contributed by atoms with Gasteiger partial charge in [0.1, 0.15) is 13.2 Å². The van der Waals surface area contributed by atoms with Crippen molar-refractivity contribution >= 4 is 11.9 Å². The zero-order chi connectivity index (χ0) is 18.8. The van der Waals surface area contributed by atoms with Crippen LogP contribution in [0, 0.1) is 5.92 Å². The van der Waals surface area contributed by atoms with Gasteiger partial charge >= 0.3 is 5.97 Å². The summed E-state index contributed by atoms with van der Waals surface area (Å²) in [5.74, 6) is 1.29. The molecular weight excluding hydrogens is 348 g/mol. The van der Waals surface area contributed by atoms with E-state index >= 15 is 0 Å². The quantitative estimate of drug-likeness (QED) is 0.716. The van der Waals surface area contributed by atoms with E-state index in [1.165, 1.54) is 12.8 Å². The number of carbonyl (C=O) groups excluding carboxylic acids is 1. The molecule has 1 aliphatic heterocycles. The Morgan fingerprint density at radius 3 is 2.59 bits per heavy atom. The molecule has 27 heavy (non-hydrogen) atoms. The molecule has 3 aliphatic rings.